The van der Waals surface area contributed by atoms with E-state index in [1.807, 2.05) is 19.1 Å². The second-order valence-corrected chi connectivity index (χ2v) is 6.87. The summed E-state index contributed by atoms with van der Waals surface area (Å²) in [6.07, 6.45) is 0.801. The molecule has 1 aliphatic heterocycles. The van der Waals surface area contributed by atoms with Gasteiger partial charge < -0.3 is 20.5 Å². The second kappa shape index (κ2) is 9.17. The molecule has 2 rings (SSSR count). The monoisotopic (exact) mass is 349 g/mol. The molecule has 0 unspecified atom stereocenters. The lowest BCUT2D eigenvalue weighted by Crippen LogP contribution is -2.43. The Hall–Kier alpha value is -1.63. The van der Waals surface area contributed by atoms with Gasteiger partial charge in [0.05, 0.1) is 18.8 Å². The van der Waals surface area contributed by atoms with Crippen molar-refractivity contribution < 1.29 is 14.3 Å². The summed E-state index contributed by atoms with van der Waals surface area (Å²) in [7, 11) is 1.70. The van der Waals surface area contributed by atoms with E-state index in [4.69, 9.17) is 15.2 Å². The summed E-state index contributed by atoms with van der Waals surface area (Å²) in [6, 6.07) is 5.97. The van der Waals surface area contributed by atoms with Crippen LogP contribution in [-0.4, -0.2) is 62.3 Å². The van der Waals surface area contributed by atoms with Gasteiger partial charge in [0.1, 0.15) is 5.75 Å². The number of nitrogens with zero attached hydrogens (tertiary/aromatic N) is 1. The van der Waals surface area contributed by atoms with Crippen molar-refractivity contribution in [3.05, 3.63) is 29.3 Å². The number of methoxy groups -OCH3 is 1. The number of nitrogens with one attached hydrogen (secondary N) is 1. The lowest BCUT2D eigenvalue weighted by molar-refractivity contribution is 0.0753. The smallest absolute Gasteiger partial charge is 0.251 e. The number of carbonyl (C=O) groups excluding carboxylic acids is 1. The Morgan fingerprint density at radius 2 is 2.16 bits per heavy atom. The molecule has 1 amide bonds. The molecule has 1 aromatic carbocycles. The molecule has 0 saturated carbocycles. The second-order valence-electron chi connectivity index (χ2n) is 6.87. The molecule has 140 valence electrons. The molecule has 1 aromatic rings. The standard InChI is InChI=1S/C19H31N3O3/c1-13(2)22-11-16(18(12-22)24-4)21-19(23)15-7-6-14(3)17(10-15)25-9-5-8-20/h6-7,10,13,16,18H,5,8-9,11-12,20H2,1-4H3,(H,21,23)/t16-,18-/m0/s1. The van der Waals surface area contributed by atoms with Crippen LogP contribution in [0.25, 0.3) is 0 Å². The summed E-state index contributed by atoms with van der Waals surface area (Å²) in [5.74, 6) is 0.640. The van der Waals surface area contributed by atoms with Gasteiger partial charge in [-0.2, -0.15) is 0 Å². The highest BCUT2D eigenvalue weighted by molar-refractivity contribution is 5.95. The number of likely N-dealkylation sites (tertiary alicyclic amines) is 1. The van der Waals surface area contributed by atoms with Gasteiger partial charge in [0, 0.05) is 31.8 Å². The lowest BCUT2D eigenvalue weighted by Gasteiger charge is -2.20. The molecule has 0 radical (unpaired) electrons. The number of carbonyl (C=O) groups is 1. The molecule has 2 atom stereocenters. The number of benzene rings is 1. The highest BCUT2D eigenvalue weighted by Gasteiger charge is 2.35. The van der Waals surface area contributed by atoms with Gasteiger partial charge >= 0.3 is 0 Å². The van der Waals surface area contributed by atoms with Crippen LogP contribution in [0.5, 0.6) is 5.75 Å². The Bertz CT molecular complexity index is 577. The molecule has 1 fully saturated rings. The van der Waals surface area contributed by atoms with Crippen molar-refractivity contribution in [2.45, 2.75) is 45.4 Å². The zero-order valence-corrected chi connectivity index (χ0v) is 15.7. The molecule has 1 heterocycles. The Balaban J connectivity index is 2.03. The number of aryl methyl sites for hydroxylation is 1. The summed E-state index contributed by atoms with van der Waals surface area (Å²) in [6.45, 7) is 9.06. The largest absolute Gasteiger partial charge is 0.493 e. The predicted molar refractivity (Wildman–Crippen MR) is 99.1 cm³/mol. The van der Waals surface area contributed by atoms with E-state index in [1.165, 1.54) is 0 Å². The molecular formula is C19H31N3O3. The van der Waals surface area contributed by atoms with E-state index in [1.54, 1.807) is 13.2 Å². The van der Waals surface area contributed by atoms with E-state index in [0.29, 0.717) is 24.8 Å². The Morgan fingerprint density at radius 1 is 1.40 bits per heavy atom. The molecule has 1 saturated heterocycles. The maximum Gasteiger partial charge on any atom is 0.251 e. The van der Waals surface area contributed by atoms with Crippen LogP contribution in [0, 0.1) is 6.92 Å². The Morgan fingerprint density at radius 3 is 2.80 bits per heavy atom. The molecule has 0 aliphatic carbocycles. The first-order valence-electron chi connectivity index (χ1n) is 8.97. The molecule has 1 aliphatic rings. The fourth-order valence-electron chi connectivity index (χ4n) is 3.02. The molecule has 0 spiro atoms. The van der Waals surface area contributed by atoms with Crippen molar-refractivity contribution in [1.29, 1.82) is 0 Å². The number of hydrogen-bond acceptors (Lipinski definition) is 5. The van der Waals surface area contributed by atoms with Crippen molar-refractivity contribution in [3.63, 3.8) is 0 Å². The van der Waals surface area contributed by atoms with Crippen LogP contribution in [0.15, 0.2) is 18.2 Å². The zero-order valence-electron chi connectivity index (χ0n) is 15.7. The molecule has 6 nitrogen and oxygen atoms in total. The van der Waals surface area contributed by atoms with Crippen molar-refractivity contribution in [2.24, 2.45) is 5.73 Å². The SMILES string of the molecule is CO[C@H]1CN(C(C)C)C[C@@H]1NC(=O)c1ccc(C)c(OCCCN)c1. The number of rotatable bonds is 8. The Kier molecular flexibility index (Phi) is 7.23. The maximum atomic E-state index is 12.7. The lowest BCUT2D eigenvalue weighted by atomic mass is 10.1. The van der Waals surface area contributed by atoms with Crippen LogP contribution in [0.4, 0.5) is 0 Å². The number of nitrogens with two attached hydrogens (primary N) is 1. The van der Waals surface area contributed by atoms with Gasteiger partial charge in [-0.05, 0) is 51.4 Å². The van der Waals surface area contributed by atoms with Gasteiger partial charge in [-0.1, -0.05) is 6.07 Å². The van der Waals surface area contributed by atoms with Crippen molar-refractivity contribution >= 4 is 5.91 Å². The molecule has 3 N–H and O–H groups in total. The highest BCUT2D eigenvalue weighted by atomic mass is 16.5. The fraction of sp³-hybridized carbons (Fsp3) is 0.632. The van der Waals surface area contributed by atoms with Crippen molar-refractivity contribution in [3.8, 4) is 5.75 Å². The van der Waals surface area contributed by atoms with Crippen molar-refractivity contribution in [1.82, 2.24) is 10.2 Å². The first kappa shape index (κ1) is 19.7. The zero-order chi connectivity index (χ0) is 18.4. The number of ether oxygens (including phenoxy) is 2. The van der Waals surface area contributed by atoms with E-state index in [-0.39, 0.29) is 18.1 Å². The van der Waals surface area contributed by atoms with E-state index in [0.717, 1.165) is 30.8 Å². The van der Waals surface area contributed by atoms with Crippen LogP contribution >= 0.6 is 0 Å². The van der Waals surface area contributed by atoms with Crippen LogP contribution in [-0.2, 0) is 4.74 Å². The highest BCUT2D eigenvalue weighted by Crippen LogP contribution is 2.21. The minimum Gasteiger partial charge on any atom is -0.493 e. The number of amides is 1. The van der Waals surface area contributed by atoms with Crippen LogP contribution in [0.2, 0.25) is 0 Å². The average Bonchev–Trinajstić information content (AvgIpc) is 3.00. The summed E-state index contributed by atoms with van der Waals surface area (Å²) >= 11 is 0. The quantitative estimate of drug-likeness (QED) is 0.697. The van der Waals surface area contributed by atoms with Gasteiger partial charge in [0.15, 0.2) is 0 Å². The summed E-state index contributed by atoms with van der Waals surface area (Å²) in [5.41, 5.74) is 7.11. The van der Waals surface area contributed by atoms with Gasteiger partial charge in [0.25, 0.3) is 5.91 Å². The van der Waals surface area contributed by atoms with Gasteiger partial charge in [-0.15, -0.1) is 0 Å². The molecule has 0 aromatic heterocycles. The molecule has 6 heteroatoms. The Labute approximate surface area is 150 Å². The number of hydrogen-bond donors (Lipinski definition) is 2. The fourth-order valence-corrected chi connectivity index (χ4v) is 3.02. The minimum absolute atomic E-state index is 0.0112. The van der Waals surface area contributed by atoms with E-state index in [2.05, 4.69) is 24.1 Å². The van der Waals surface area contributed by atoms with Crippen LogP contribution in [0.3, 0.4) is 0 Å². The predicted octanol–water partition coefficient (Wildman–Crippen LogP) is 1.56. The molecular weight excluding hydrogens is 318 g/mol. The average molecular weight is 349 g/mol. The molecule has 0 bridgehead atoms. The third-order valence-corrected chi connectivity index (χ3v) is 4.70. The third-order valence-electron chi connectivity index (χ3n) is 4.70. The minimum atomic E-state index is -0.0960. The van der Waals surface area contributed by atoms with Crippen molar-refractivity contribution in [2.75, 3.05) is 33.4 Å². The summed E-state index contributed by atoms with van der Waals surface area (Å²) in [4.78, 5) is 15.0. The molecule has 25 heavy (non-hydrogen) atoms. The maximum absolute atomic E-state index is 12.7. The normalized spacial score (nSPS) is 20.9. The van der Waals surface area contributed by atoms with Gasteiger partial charge in [0.2, 0.25) is 0 Å². The van der Waals surface area contributed by atoms with E-state index >= 15 is 0 Å². The van der Waals surface area contributed by atoms with E-state index < -0.39 is 0 Å². The van der Waals surface area contributed by atoms with E-state index in [9.17, 15) is 4.79 Å². The first-order chi connectivity index (χ1) is 12.0. The van der Waals surface area contributed by atoms with Crippen LogP contribution < -0.4 is 15.8 Å². The first-order valence-corrected chi connectivity index (χ1v) is 8.97. The summed E-state index contributed by atoms with van der Waals surface area (Å²) in [5, 5.41) is 3.11. The third kappa shape index (κ3) is 5.17. The van der Waals surface area contributed by atoms with Gasteiger partial charge in [-0.3, -0.25) is 9.69 Å². The summed E-state index contributed by atoms with van der Waals surface area (Å²) < 4.78 is 11.3. The topological polar surface area (TPSA) is 76.8 Å². The van der Waals surface area contributed by atoms with Gasteiger partial charge in [-0.25, -0.2) is 0 Å². The van der Waals surface area contributed by atoms with Crippen LogP contribution in [0.1, 0.15) is 36.2 Å².